The second-order valence-corrected chi connectivity index (χ2v) is 5.24. The first-order valence-corrected chi connectivity index (χ1v) is 7.16. The molecule has 0 bridgehead atoms. The predicted molar refractivity (Wildman–Crippen MR) is 72.1 cm³/mol. The van der Waals surface area contributed by atoms with Crippen LogP contribution in [0.3, 0.4) is 0 Å². The van der Waals surface area contributed by atoms with E-state index in [1.54, 1.807) is 6.92 Å². The molecule has 1 saturated heterocycles. The summed E-state index contributed by atoms with van der Waals surface area (Å²) in [6.07, 6.45) is 5.11. The molecule has 4 heteroatoms. The Labute approximate surface area is 110 Å². The van der Waals surface area contributed by atoms with Gasteiger partial charge in [-0.3, -0.25) is 9.59 Å². The van der Waals surface area contributed by atoms with Gasteiger partial charge in [0.2, 0.25) is 11.8 Å². The van der Waals surface area contributed by atoms with Gasteiger partial charge in [-0.25, -0.2) is 0 Å². The summed E-state index contributed by atoms with van der Waals surface area (Å²) >= 11 is 0. The van der Waals surface area contributed by atoms with E-state index in [4.69, 9.17) is 0 Å². The minimum absolute atomic E-state index is 0.0139. The van der Waals surface area contributed by atoms with Crippen LogP contribution >= 0.6 is 0 Å². The third-order valence-corrected chi connectivity index (χ3v) is 3.69. The van der Waals surface area contributed by atoms with Gasteiger partial charge < -0.3 is 10.2 Å². The van der Waals surface area contributed by atoms with Gasteiger partial charge in [-0.05, 0) is 19.3 Å². The first-order chi connectivity index (χ1) is 8.58. The summed E-state index contributed by atoms with van der Waals surface area (Å²) in [5, 5.41) is 2.73. The minimum Gasteiger partial charge on any atom is -0.345 e. The van der Waals surface area contributed by atoms with Crippen LogP contribution in [0.4, 0.5) is 0 Å². The van der Waals surface area contributed by atoms with E-state index in [9.17, 15) is 9.59 Å². The van der Waals surface area contributed by atoms with Crippen molar-refractivity contribution in [2.75, 3.05) is 13.1 Å². The molecule has 1 aliphatic rings. The highest BCUT2D eigenvalue weighted by atomic mass is 16.2. The molecule has 0 aromatic heterocycles. The molecule has 0 spiro atoms. The van der Waals surface area contributed by atoms with E-state index in [1.165, 1.54) is 19.3 Å². The second-order valence-electron chi connectivity index (χ2n) is 5.24. The highest BCUT2D eigenvalue weighted by Gasteiger charge is 2.27. The molecule has 0 saturated carbocycles. The van der Waals surface area contributed by atoms with Gasteiger partial charge in [0.15, 0.2) is 0 Å². The molecular formula is C14H26N2O2. The third-order valence-electron chi connectivity index (χ3n) is 3.69. The lowest BCUT2D eigenvalue weighted by Gasteiger charge is -2.27. The summed E-state index contributed by atoms with van der Waals surface area (Å²) in [6, 6.07) is -0.372. The molecule has 1 N–H and O–H groups in total. The smallest absolute Gasteiger partial charge is 0.244 e. The lowest BCUT2D eigenvalue weighted by molar-refractivity contribution is -0.133. The molecule has 1 aliphatic heterocycles. The molecule has 1 fully saturated rings. The van der Waals surface area contributed by atoms with E-state index in [1.807, 2.05) is 4.90 Å². The van der Waals surface area contributed by atoms with Crippen LogP contribution in [0.25, 0.3) is 0 Å². The van der Waals surface area contributed by atoms with Crippen molar-refractivity contribution in [1.29, 1.82) is 0 Å². The number of carbonyl (C=O) groups excluding carboxylic acids is 2. The Balaban J connectivity index is 2.57. The van der Waals surface area contributed by atoms with Crippen molar-refractivity contribution in [3.8, 4) is 0 Å². The summed E-state index contributed by atoms with van der Waals surface area (Å²) in [5.41, 5.74) is 0. The molecule has 1 heterocycles. The molecule has 2 amide bonds. The first-order valence-electron chi connectivity index (χ1n) is 7.16. The van der Waals surface area contributed by atoms with Crippen molar-refractivity contribution < 1.29 is 9.59 Å². The van der Waals surface area contributed by atoms with Gasteiger partial charge in [0, 0.05) is 19.5 Å². The van der Waals surface area contributed by atoms with E-state index in [0.29, 0.717) is 18.9 Å². The Kier molecular flexibility index (Phi) is 6.16. The van der Waals surface area contributed by atoms with Crippen LogP contribution in [-0.2, 0) is 9.59 Å². The molecule has 2 unspecified atom stereocenters. The van der Waals surface area contributed by atoms with Crippen molar-refractivity contribution >= 4 is 11.8 Å². The second kappa shape index (κ2) is 7.39. The summed E-state index contributed by atoms with van der Waals surface area (Å²) in [4.78, 5) is 25.4. The van der Waals surface area contributed by atoms with Gasteiger partial charge in [-0.2, -0.15) is 0 Å². The summed E-state index contributed by atoms with van der Waals surface area (Å²) in [5.74, 6) is 0.616. The maximum absolute atomic E-state index is 12.1. The summed E-state index contributed by atoms with van der Waals surface area (Å²) in [7, 11) is 0. The fraction of sp³-hybridized carbons (Fsp3) is 0.857. The van der Waals surface area contributed by atoms with Crippen LogP contribution < -0.4 is 5.32 Å². The fourth-order valence-corrected chi connectivity index (χ4v) is 2.41. The van der Waals surface area contributed by atoms with E-state index < -0.39 is 0 Å². The van der Waals surface area contributed by atoms with Gasteiger partial charge in [0.1, 0.15) is 6.04 Å². The van der Waals surface area contributed by atoms with Crippen LogP contribution in [0.2, 0.25) is 0 Å². The van der Waals surface area contributed by atoms with Gasteiger partial charge in [-0.1, -0.05) is 33.1 Å². The Morgan fingerprint density at radius 3 is 2.72 bits per heavy atom. The first kappa shape index (κ1) is 15.0. The average Bonchev–Trinajstić information content (AvgIpc) is 2.47. The number of nitrogens with zero attached hydrogens (tertiary/aromatic N) is 1. The third kappa shape index (κ3) is 4.31. The molecule has 18 heavy (non-hydrogen) atoms. The Morgan fingerprint density at radius 1 is 1.39 bits per heavy atom. The van der Waals surface area contributed by atoms with E-state index >= 15 is 0 Å². The molecule has 0 aromatic carbocycles. The molecule has 1 rings (SSSR count). The molecule has 0 radical (unpaired) electrons. The molecule has 0 aromatic rings. The van der Waals surface area contributed by atoms with Crippen molar-refractivity contribution in [3.63, 3.8) is 0 Å². The maximum atomic E-state index is 12.1. The number of hydrogen-bond acceptors (Lipinski definition) is 2. The number of nitrogens with one attached hydrogen (secondary N) is 1. The van der Waals surface area contributed by atoms with Gasteiger partial charge in [0.05, 0.1) is 0 Å². The molecule has 104 valence electrons. The summed E-state index contributed by atoms with van der Waals surface area (Å²) < 4.78 is 0. The molecular weight excluding hydrogens is 228 g/mol. The normalized spacial score (nSPS) is 22.6. The topological polar surface area (TPSA) is 49.4 Å². The van der Waals surface area contributed by atoms with Gasteiger partial charge in [-0.15, -0.1) is 0 Å². The van der Waals surface area contributed by atoms with Crippen molar-refractivity contribution in [2.45, 2.75) is 58.9 Å². The van der Waals surface area contributed by atoms with Gasteiger partial charge >= 0.3 is 0 Å². The lowest BCUT2D eigenvalue weighted by Crippen LogP contribution is -2.44. The van der Waals surface area contributed by atoms with Crippen LogP contribution in [-0.4, -0.2) is 35.8 Å². The standard InChI is InChI=1S/C14H26N2O2/c1-4-6-7-12(5-2)10-16-9-8-13(17)15-11(3)14(16)18/h11-12H,4-10H2,1-3H3,(H,15,17). The monoisotopic (exact) mass is 254 g/mol. The highest BCUT2D eigenvalue weighted by molar-refractivity contribution is 5.89. The Hall–Kier alpha value is -1.06. The quantitative estimate of drug-likeness (QED) is 0.787. The zero-order valence-electron chi connectivity index (χ0n) is 11.9. The number of carbonyl (C=O) groups is 2. The van der Waals surface area contributed by atoms with Crippen LogP contribution in [0.15, 0.2) is 0 Å². The highest BCUT2D eigenvalue weighted by Crippen LogP contribution is 2.16. The fourth-order valence-electron chi connectivity index (χ4n) is 2.41. The van der Waals surface area contributed by atoms with E-state index in [0.717, 1.165) is 13.0 Å². The van der Waals surface area contributed by atoms with Crippen LogP contribution in [0, 0.1) is 5.92 Å². The molecule has 4 nitrogen and oxygen atoms in total. The number of hydrogen-bond donors (Lipinski definition) is 1. The largest absolute Gasteiger partial charge is 0.345 e. The van der Waals surface area contributed by atoms with Crippen LogP contribution in [0.5, 0.6) is 0 Å². The number of unbranched alkanes of at least 4 members (excludes halogenated alkanes) is 1. The van der Waals surface area contributed by atoms with Crippen molar-refractivity contribution in [1.82, 2.24) is 10.2 Å². The molecule has 2 atom stereocenters. The predicted octanol–water partition coefficient (Wildman–Crippen LogP) is 1.94. The number of amides is 2. The van der Waals surface area contributed by atoms with Gasteiger partial charge in [0.25, 0.3) is 0 Å². The van der Waals surface area contributed by atoms with Crippen molar-refractivity contribution in [3.05, 3.63) is 0 Å². The van der Waals surface area contributed by atoms with Crippen LogP contribution in [0.1, 0.15) is 52.9 Å². The summed E-state index contributed by atoms with van der Waals surface area (Å²) in [6.45, 7) is 7.50. The minimum atomic E-state index is -0.372. The lowest BCUT2D eigenvalue weighted by atomic mass is 9.98. The SMILES string of the molecule is CCCCC(CC)CN1CCC(=O)NC(C)C1=O. The zero-order valence-corrected chi connectivity index (χ0v) is 11.9. The average molecular weight is 254 g/mol. The van der Waals surface area contributed by atoms with E-state index in [2.05, 4.69) is 19.2 Å². The Bertz CT molecular complexity index is 292. The number of rotatable bonds is 6. The Morgan fingerprint density at radius 2 is 2.11 bits per heavy atom. The zero-order chi connectivity index (χ0) is 13.5. The maximum Gasteiger partial charge on any atom is 0.244 e. The molecule has 0 aliphatic carbocycles. The van der Waals surface area contributed by atoms with Crippen molar-refractivity contribution in [2.24, 2.45) is 5.92 Å². The van der Waals surface area contributed by atoms with E-state index in [-0.39, 0.29) is 17.9 Å².